The predicted octanol–water partition coefficient (Wildman–Crippen LogP) is 5.23. The monoisotopic (exact) mass is 565 g/mol. The fourth-order valence-corrected chi connectivity index (χ4v) is 5.84. The van der Waals surface area contributed by atoms with Crippen molar-refractivity contribution in [3.8, 4) is 0 Å². The fourth-order valence-electron chi connectivity index (χ4n) is 4.89. The van der Waals surface area contributed by atoms with Crippen molar-refractivity contribution in [1.29, 1.82) is 0 Å². The van der Waals surface area contributed by atoms with Crippen molar-refractivity contribution in [2.24, 2.45) is 0 Å². The van der Waals surface area contributed by atoms with Gasteiger partial charge in [-0.05, 0) is 11.3 Å². The van der Waals surface area contributed by atoms with Gasteiger partial charge in [0, 0.05) is 17.2 Å². The molecule has 0 radical (unpaired) electrons. The van der Waals surface area contributed by atoms with E-state index in [1.54, 1.807) is 18.2 Å². The van der Waals surface area contributed by atoms with E-state index in [2.05, 4.69) is 0 Å². The normalized spacial score (nSPS) is 26.0. The van der Waals surface area contributed by atoms with Gasteiger partial charge in [0.1, 0.15) is 23.7 Å². The van der Waals surface area contributed by atoms with Crippen LogP contribution in [0.1, 0.15) is 29.9 Å². The maximum absolute atomic E-state index is 13.2. The van der Waals surface area contributed by atoms with E-state index in [0.29, 0.717) is 5.75 Å². The number of benzene rings is 3. The summed E-state index contributed by atoms with van der Waals surface area (Å²) in [5, 5.41) is 11.5. The summed E-state index contributed by atoms with van der Waals surface area (Å²) in [6.45, 7) is 2.55. The summed E-state index contributed by atoms with van der Waals surface area (Å²) in [5.41, 5.74) is 1.43. The van der Waals surface area contributed by atoms with Gasteiger partial charge in [0.2, 0.25) is 0 Å². The Morgan fingerprint density at radius 3 is 2.40 bits per heavy atom. The number of esters is 1. The molecule has 10 heteroatoms. The molecule has 0 saturated carbocycles. The van der Waals surface area contributed by atoms with E-state index >= 15 is 0 Å². The van der Waals surface area contributed by atoms with Crippen LogP contribution in [0, 0.1) is 10.1 Å². The lowest BCUT2D eigenvalue weighted by Crippen LogP contribution is -2.62. The van der Waals surface area contributed by atoms with Crippen molar-refractivity contribution in [2.75, 3.05) is 12.4 Å². The highest BCUT2D eigenvalue weighted by Gasteiger charge is 2.52. The van der Waals surface area contributed by atoms with Crippen LogP contribution in [0.4, 0.5) is 5.69 Å². The van der Waals surface area contributed by atoms with E-state index < -0.39 is 47.0 Å². The number of ether oxygens (including phenoxy) is 5. The van der Waals surface area contributed by atoms with Gasteiger partial charge >= 0.3 is 5.97 Å². The molecule has 9 nitrogen and oxygen atoms in total. The van der Waals surface area contributed by atoms with E-state index in [1.807, 2.05) is 67.6 Å². The van der Waals surface area contributed by atoms with Crippen LogP contribution in [-0.4, -0.2) is 53.1 Å². The van der Waals surface area contributed by atoms with Crippen molar-refractivity contribution in [1.82, 2.24) is 0 Å². The van der Waals surface area contributed by atoms with Gasteiger partial charge in [0.25, 0.3) is 5.69 Å². The van der Waals surface area contributed by atoms with Crippen molar-refractivity contribution < 1.29 is 33.4 Å². The van der Waals surface area contributed by atoms with Crippen LogP contribution in [0.2, 0.25) is 0 Å². The molecule has 5 rings (SSSR count). The molecule has 2 fully saturated rings. The molecule has 0 aliphatic carbocycles. The smallest absolute Gasteiger partial charge is 0.311 e. The molecule has 0 bridgehead atoms. The zero-order valence-electron chi connectivity index (χ0n) is 22.0. The fraction of sp³-hybridized carbons (Fsp3) is 0.367. The van der Waals surface area contributed by atoms with Gasteiger partial charge in [-0.3, -0.25) is 14.9 Å². The van der Waals surface area contributed by atoms with Crippen LogP contribution in [0.15, 0.2) is 84.9 Å². The lowest BCUT2D eigenvalue weighted by Gasteiger charge is -2.48. The van der Waals surface area contributed by atoms with Crippen molar-refractivity contribution >= 4 is 23.4 Å². The Balaban J connectivity index is 1.41. The molecule has 3 aromatic carbocycles. The Labute approximate surface area is 236 Å². The first kappa shape index (κ1) is 28.3. The third kappa shape index (κ3) is 6.71. The summed E-state index contributed by atoms with van der Waals surface area (Å²) in [6.07, 6.45) is -3.40. The maximum Gasteiger partial charge on any atom is 0.311 e. The summed E-state index contributed by atoms with van der Waals surface area (Å²) >= 11 is 1.50. The Morgan fingerprint density at radius 1 is 0.975 bits per heavy atom. The maximum atomic E-state index is 13.2. The average Bonchev–Trinajstić information content (AvgIpc) is 2.98. The van der Waals surface area contributed by atoms with E-state index in [9.17, 15) is 14.9 Å². The lowest BCUT2D eigenvalue weighted by atomic mass is 9.98. The number of nitrogens with zero attached hydrogens (tertiary/aromatic N) is 1. The Bertz CT molecular complexity index is 1280. The number of rotatable bonds is 10. The molecule has 0 aromatic heterocycles. The second kappa shape index (κ2) is 13.4. The average molecular weight is 566 g/mol. The molecule has 0 spiro atoms. The van der Waals surface area contributed by atoms with E-state index in [1.165, 1.54) is 17.8 Å². The number of nitro benzene ring substituents is 1. The first-order valence-electron chi connectivity index (χ1n) is 13.2. The summed E-state index contributed by atoms with van der Waals surface area (Å²) in [5.74, 6) is 0.100. The van der Waals surface area contributed by atoms with E-state index in [4.69, 9.17) is 23.7 Å². The molecule has 2 aliphatic rings. The molecule has 2 saturated heterocycles. The SMILES string of the molecule is CCS[C@@H]1O[C@@H]2COC(c3ccccc3)O[C@H]2[C@H](OCc2ccccc2)[C@H]1OC(=O)Cc1ccccc1[N+](=O)[O-]. The third-order valence-corrected chi connectivity index (χ3v) is 7.80. The second-order valence-electron chi connectivity index (χ2n) is 9.45. The number of carbonyl (C=O) groups is 1. The van der Waals surface area contributed by atoms with Gasteiger partial charge in [-0.2, -0.15) is 0 Å². The van der Waals surface area contributed by atoms with Gasteiger partial charge in [-0.15, -0.1) is 11.8 Å². The van der Waals surface area contributed by atoms with Gasteiger partial charge in [-0.25, -0.2) is 0 Å². The van der Waals surface area contributed by atoms with Crippen LogP contribution < -0.4 is 0 Å². The van der Waals surface area contributed by atoms with Crippen molar-refractivity contribution in [3.05, 3.63) is 112 Å². The van der Waals surface area contributed by atoms with Crippen LogP contribution in [0.3, 0.4) is 0 Å². The molecule has 0 amide bonds. The Morgan fingerprint density at radius 2 is 1.68 bits per heavy atom. The Hall–Kier alpha value is -3.28. The number of carbonyl (C=O) groups excluding carboxylic acids is 1. The predicted molar refractivity (Wildman–Crippen MR) is 149 cm³/mol. The number of para-hydroxylation sites is 1. The Kier molecular flexibility index (Phi) is 9.45. The van der Waals surface area contributed by atoms with E-state index in [0.717, 1.165) is 11.1 Å². The molecular formula is C30H31NO8S. The summed E-state index contributed by atoms with van der Waals surface area (Å²) in [6, 6.07) is 25.5. The zero-order valence-corrected chi connectivity index (χ0v) is 22.8. The quantitative estimate of drug-likeness (QED) is 0.186. The minimum absolute atomic E-state index is 0.130. The molecule has 2 aliphatic heterocycles. The van der Waals surface area contributed by atoms with Gasteiger partial charge < -0.3 is 23.7 Å². The first-order valence-corrected chi connectivity index (χ1v) is 14.2. The van der Waals surface area contributed by atoms with E-state index in [-0.39, 0.29) is 30.9 Å². The number of hydrogen-bond acceptors (Lipinski definition) is 9. The van der Waals surface area contributed by atoms with Crippen LogP contribution in [-0.2, 0) is 41.5 Å². The largest absolute Gasteiger partial charge is 0.455 e. The summed E-state index contributed by atoms with van der Waals surface area (Å²) < 4.78 is 31.3. The van der Waals surface area contributed by atoms with Crippen LogP contribution in [0.25, 0.3) is 0 Å². The van der Waals surface area contributed by atoms with Crippen molar-refractivity contribution in [3.63, 3.8) is 0 Å². The standard InChI is InChI=1S/C30H31NO8S/c1-2-40-30-28(38-25(32)17-22-15-9-10-16-23(22)31(33)34)27(35-18-20-11-5-3-6-12-20)26-24(37-30)19-36-29(39-26)21-13-7-4-8-14-21/h3-16,24,26-30H,2,17-19H2,1H3/t24-,26-,27+,28-,29?,30+/m1/s1. The minimum Gasteiger partial charge on any atom is -0.455 e. The molecule has 3 aromatic rings. The molecule has 6 atom stereocenters. The molecule has 40 heavy (non-hydrogen) atoms. The minimum atomic E-state index is -0.820. The highest BCUT2D eigenvalue weighted by Crippen LogP contribution is 2.39. The van der Waals surface area contributed by atoms with Crippen molar-refractivity contribution in [2.45, 2.75) is 56.1 Å². The number of thioether (sulfide) groups is 1. The van der Waals surface area contributed by atoms with Gasteiger partial charge in [-0.1, -0.05) is 85.8 Å². The molecule has 1 unspecified atom stereocenters. The second-order valence-corrected chi connectivity index (χ2v) is 10.8. The van der Waals surface area contributed by atoms with Crippen LogP contribution in [0.5, 0.6) is 0 Å². The zero-order chi connectivity index (χ0) is 27.9. The lowest BCUT2D eigenvalue weighted by molar-refractivity contribution is -0.385. The van der Waals surface area contributed by atoms with Gasteiger partial charge in [0.05, 0.1) is 24.6 Å². The molecular weight excluding hydrogens is 534 g/mol. The number of hydrogen-bond donors (Lipinski definition) is 0. The first-order chi connectivity index (χ1) is 19.5. The number of nitro groups is 1. The van der Waals surface area contributed by atoms with Crippen LogP contribution >= 0.6 is 11.8 Å². The van der Waals surface area contributed by atoms with Gasteiger partial charge in [0.15, 0.2) is 12.4 Å². The molecule has 210 valence electrons. The topological polar surface area (TPSA) is 106 Å². The number of fused-ring (bicyclic) bond motifs is 1. The highest BCUT2D eigenvalue weighted by molar-refractivity contribution is 7.99. The third-order valence-electron chi connectivity index (χ3n) is 6.76. The molecule has 0 N–H and O–H groups in total. The summed E-state index contributed by atoms with van der Waals surface area (Å²) in [4.78, 5) is 24.2. The molecule has 2 heterocycles. The summed E-state index contributed by atoms with van der Waals surface area (Å²) in [7, 11) is 0. The highest BCUT2D eigenvalue weighted by atomic mass is 32.2.